The van der Waals surface area contributed by atoms with Gasteiger partial charge in [0.15, 0.2) is 0 Å². The number of allylic oxidation sites excluding steroid dienone is 2. The average Bonchev–Trinajstić information content (AvgIpc) is 3.08. The lowest BCUT2D eigenvalue weighted by Crippen LogP contribution is -2.46. The van der Waals surface area contributed by atoms with Crippen LogP contribution in [0.15, 0.2) is 42.5 Å². The zero-order valence-corrected chi connectivity index (χ0v) is 15.1. The highest BCUT2D eigenvalue weighted by Crippen LogP contribution is 2.44. The van der Waals surface area contributed by atoms with Crippen molar-refractivity contribution in [2.24, 2.45) is 23.7 Å². The molecule has 0 radical (unpaired) electrons. The number of nitrogens with one attached hydrogen (secondary N) is 1. The molecule has 3 rings (SSSR count). The fraction of sp³-hybridized carbons (Fsp3) is 0.619. The Morgan fingerprint density at radius 2 is 1.75 bits per heavy atom. The van der Waals surface area contributed by atoms with Crippen molar-refractivity contribution >= 4 is 0 Å². The van der Waals surface area contributed by atoms with E-state index in [2.05, 4.69) is 31.3 Å². The van der Waals surface area contributed by atoms with Crippen LogP contribution < -0.4 is 5.32 Å². The van der Waals surface area contributed by atoms with E-state index in [4.69, 9.17) is 4.74 Å². The first-order valence-corrected chi connectivity index (χ1v) is 9.31. The predicted octanol–water partition coefficient (Wildman–Crippen LogP) is 3.56. The van der Waals surface area contributed by atoms with E-state index in [-0.39, 0.29) is 12.0 Å². The Balaban J connectivity index is 1.66. The smallest absolute Gasteiger partial charge is 0.0821 e. The second kappa shape index (κ2) is 7.81. The molecular formula is C21H31NO2. The van der Waals surface area contributed by atoms with Gasteiger partial charge in [-0.25, -0.2) is 0 Å². The van der Waals surface area contributed by atoms with E-state index in [1.807, 2.05) is 37.4 Å². The van der Waals surface area contributed by atoms with Crippen molar-refractivity contribution in [2.45, 2.75) is 44.9 Å². The van der Waals surface area contributed by atoms with E-state index in [1.54, 1.807) is 0 Å². The number of rotatable bonds is 7. The molecule has 2 aliphatic rings. The number of aliphatic hydroxyl groups is 1. The molecule has 1 aliphatic heterocycles. The van der Waals surface area contributed by atoms with E-state index in [0.717, 1.165) is 12.1 Å². The van der Waals surface area contributed by atoms with Crippen molar-refractivity contribution in [1.82, 2.24) is 5.32 Å². The van der Waals surface area contributed by atoms with Gasteiger partial charge in [0.05, 0.1) is 12.2 Å². The number of methoxy groups -OCH3 is 1. The van der Waals surface area contributed by atoms with E-state index in [0.29, 0.717) is 23.8 Å². The van der Waals surface area contributed by atoms with Crippen LogP contribution in [0.2, 0.25) is 0 Å². The third-order valence-corrected chi connectivity index (χ3v) is 6.14. The Morgan fingerprint density at radius 3 is 2.29 bits per heavy atom. The topological polar surface area (TPSA) is 41.5 Å². The van der Waals surface area contributed by atoms with E-state index in [9.17, 15) is 5.11 Å². The molecule has 1 aromatic rings. The molecule has 7 atom stereocenters. The normalized spacial score (nSPS) is 31.2. The first-order valence-electron chi connectivity index (χ1n) is 9.31. The Hall–Kier alpha value is -1.16. The SMILES string of the molecule is COC(C1CCCN1)C(C)[C@@H]1C=CC1C(C)C(O)c1ccccc1. The maximum Gasteiger partial charge on any atom is 0.0821 e. The summed E-state index contributed by atoms with van der Waals surface area (Å²) in [5.74, 6) is 1.55. The maximum absolute atomic E-state index is 10.8. The minimum absolute atomic E-state index is 0.207. The van der Waals surface area contributed by atoms with Crippen LogP contribution in [0.25, 0.3) is 0 Å². The van der Waals surface area contributed by atoms with Gasteiger partial charge in [-0.2, -0.15) is 0 Å². The third-order valence-electron chi connectivity index (χ3n) is 6.14. The predicted molar refractivity (Wildman–Crippen MR) is 97.7 cm³/mol. The molecule has 1 aliphatic carbocycles. The summed E-state index contributed by atoms with van der Waals surface area (Å²) >= 11 is 0. The fourth-order valence-electron chi connectivity index (χ4n) is 4.54. The van der Waals surface area contributed by atoms with Crippen LogP contribution >= 0.6 is 0 Å². The van der Waals surface area contributed by atoms with Gasteiger partial charge in [0.25, 0.3) is 0 Å². The molecular weight excluding hydrogens is 298 g/mol. The monoisotopic (exact) mass is 329 g/mol. The first kappa shape index (κ1) is 17.7. The standard InChI is InChI=1S/C21H31NO2/c1-14(20(23)16-8-5-4-6-9-16)17-11-12-18(17)15(2)21(24-3)19-10-7-13-22-19/h4-6,8-9,11-12,14-15,17-23H,7,10,13H2,1-3H3/t14?,15?,17?,18-,19?,20?,21?/m0/s1. The summed E-state index contributed by atoms with van der Waals surface area (Å²) < 4.78 is 5.87. The van der Waals surface area contributed by atoms with E-state index >= 15 is 0 Å². The van der Waals surface area contributed by atoms with Gasteiger partial charge >= 0.3 is 0 Å². The molecule has 1 saturated heterocycles. The van der Waals surface area contributed by atoms with Crippen LogP contribution in [-0.2, 0) is 4.74 Å². The summed E-state index contributed by atoms with van der Waals surface area (Å²) in [7, 11) is 1.83. The molecule has 3 heteroatoms. The van der Waals surface area contributed by atoms with E-state index < -0.39 is 6.10 Å². The maximum atomic E-state index is 10.8. The van der Waals surface area contributed by atoms with Crippen molar-refractivity contribution in [3.05, 3.63) is 48.0 Å². The number of aliphatic hydroxyl groups excluding tert-OH is 1. The van der Waals surface area contributed by atoms with Crippen LogP contribution in [0.1, 0.15) is 38.4 Å². The zero-order chi connectivity index (χ0) is 17.1. The Kier molecular flexibility index (Phi) is 5.75. The number of hydrogen-bond donors (Lipinski definition) is 2. The Labute approximate surface area is 146 Å². The van der Waals surface area contributed by atoms with Gasteiger partial charge in [-0.1, -0.05) is 56.3 Å². The molecule has 1 fully saturated rings. The molecule has 0 aromatic heterocycles. The quantitative estimate of drug-likeness (QED) is 0.752. The highest BCUT2D eigenvalue weighted by molar-refractivity contribution is 5.21. The second-order valence-corrected chi connectivity index (χ2v) is 7.52. The fourth-order valence-corrected chi connectivity index (χ4v) is 4.54. The lowest BCUT2D eigenvalue weighted by atomic mass is 9.65. The molecule has 24 heavy (non-hydrogen) atoms. The summed E-state index contributed by atoms with van der Waals surface area (Å²) in [4.78, 5) is 0. The minimum Gasteiger partial charge on any atom is -0.388 e. The molecule has 0 bridgehead atoms. The highest BCUT2D eigenvalue weighted by atomic mass is 16.5. The first-order chi connectivity index (χ1) is 11.6. The minimum atomic E-state index is -0.415. The summed E-state index contributed by atoms with van der Waals surface area (Å²) in [6.07, 6.45) is 6.85. The van der Waals surface area contributed by atoms with Gasteiger partial charge in [0.2, 0.25) is 0 Å². The van der Waals surface area contributed by atoms with Crippen LogP contribution in [-0.4, -0.2) is 30.9 Å². The Morgan fingerprint density at radius 1 is 1.08 bits per heavy atom. The van der Waals surface area contributed by atoms with E-state index in [1.165, 1.54) is 12.8 Å². The lowest BCUT2D eigenvalue weighted by molar-refractivity contribution is -0.00770. The molecule has 1 aromatic carbocycles. The van der Waals surface area contributed by atoms with Crippen molar-refractivity contribution in [2.75, 3.05) is 13.7 Å². The van der Waals surface area contributed by atoms with Gasteiger partial charge in [-0.15, -0.1) is 0 Å². The zero-order valence-electron chi connectivity index (χ0n) is 15.1. The largest absolute Gasteiger partial charge is 0.388 e. The number of benzene rings is 1. The summed E-state index contributed by atoms with van der Waals surface area (Å²) in [5.41, 5.74) is 1.01. The van der Waals surface area contributed by atoms with Gasteiger partial charge in [-0.3, -0.25) is 0 Å². The molecule has 2 N–H and O–H groups in total. The van der Waals surface area contributed by atoms with Crippen molar-refractivity contribution in [3.63, 3.8) is 0 Å². The van der Waals surface area contributed by atoms with Crippen LogP contribution in [0.5, 0.6) is 0 Å². The van der Waals surface area contributed by atoms with Gasteiger partial charge in [-0.05, 0) is 48.6 Å². The van der Waals surface area contributed by atoms with Crippen LogP contribution in [0, 0.1) is 23.7 Å². The van der Waals surface area contributed by atoms with Gasteiger partial charge < -0.3 is 15.2 Å². The third kappa shape index (κ3) is 3.44. The van der Waals surface area contributed by atoms with Gasteiger partial charge in [0.1, 0.15) is 0 Å². The van der Waals surface area contributed by atoms with Crippen molar-refractivity contribution in [3.8, 4) is 0 Å². The van der Waals surface area contributed by atoms with Crippen molar-refractivity contribution in [1.29, 1.82) is 0 Å². The summed E-state index contributed by atoms with van der Waals surface area (Å²) in [5, 5.41) is 14.3. The average molecular weight is 329 g/mol. The molecule has 3 nitrogen and oxygen atoms in total. The van der Waals surface area contributed by atoms with Crippen molar-refractivity contribution < 1.29 is 9.84 Å². The molecule has 1 heterocycles. The Bertz CT molecular complexity index is 538. The second-order valence-electron chi connectivity index (χ2n) is 7.52. The highest BCUT2D eigenvalue weighted by Gasteiger charge is 2.41. The molecule has 132 valence electrons. The summed E-state index contributed by atoms with van der Waals surface area (Å²) in [6, 6.07) is 10.5. The van der Waals surface area contributed by atoms with Gasteiger partial charge in [0, 0.05) is 13.2 Å². The molecule has 0 amide bonds. The number of hydrogen-bond acceptors (Lipinski definition) is 3. The number of ether oxygens (including phenoxy) is 1. The molecule has 6 unspecified atom stereocenters. The molecule has 0 saturated carbocycles. The molecule has 0 spiro atoms. The van der Waals surface area contributed by atoms with Crippen LogP contribution in [0.3, 0.4) is 0 Å². The van der Waals surface area contributed by atoms with Crippen LogP contribution in [0.4, 0.5) is 0 Å². The lowest BCUT2D eigenvalue weighted by Gasteiger charge is -2.43. The summed E-state index contributed by atoms with van der Waals surface area (Å²) in [6.45, 7) is 5.57.